The van der Waals surface area contributed by atoms with Crippen molar-refractivity contribution in [2.24, 2.45) is 10.8 Å². The monoisotopic (exact) mass is 282 g/mol. The fourth-order valence-electron chi connectivity index (χ4n) is 2.35. The van der Waals surface area contributed by atoms with Gasteiger partial charge in [-0.2, -0.15) is 0 Å². The zero-order valence-corrected chi connectivity index (χ0v) is 13.5. The number of hydrogen-bond acceptors (Lipinski definition) is 1. The topological polar surface area (TPSA) is 9.23 Å². The van der Waals surface area contributed by atoms with E-state index in [1.54, 1.807) is 0 Å². The number of rotatable bonds is 8. The molecule has 2 atom stereocenters. The molecule has 0 saturated carbocycles. The van der Waals surface area contributed by atoms with Crippen LogP contribution in [-0.2, 0) is 0 Å². The zero-order chi connectivity index (χ0) is 14.4. The Morgan fingerprint density at radius 3 is 2.05 bits per heavy atom. The summed E-state index contributed by atoms with van der Waals surface area (Å²) < 4.78 is 5.95. The van der Waals surface area contributed by atoms with Crippen molar-refractivity contribution in [3.63, 3.8) is 0 Å². The third-order valence-corrected chi connectivity index (χ3v) is 4.86. The second-order valence-electron chi connectivity index (χ2n) is 6.24. The van der Waals surface area contributed by atoms with Crippen LogP contribution < -0.4 is 4.74 Å². The van der Waals surface area contributed by atoms with Gasteiger partial charge in [-0.05, 0) is 36.8 Å². The maximum Gasteiger partial charge on any atom is 0.119 e. The normalized spacial score (nSPS) is 17.5. The SMILES string of the molecule is CCC(C)(CCl)CC(C)(CC)COc1ccccc1. The Labute approximate surface area is 123 Å². The van der Waals surface area contributed by atoms with Crippen LogP contribution >= 0.6 is 11.6 Å². The van der Waals surface area contributed by atoms with Crippen LogP contribution in [0.4, 0.5) is 0 Å². The van der Waals surface area contributed by atoms with Crippen molar-refractivity contribution < 1.29 is 4.74 Å². The minimum absolute atomic E-state index is 0.176. The summed E-state index contributed by atoms with van der Waals surface area (Å²) in [5.41, 5.74) is 0.377. The number of hydrogen-bond donors (Lipinski definition) is 0. The first-order chi connectivity index (χ1) is 8.97. The Morgan fingerprint density at radius 2 is 1.58 bits per heavy atom. The van der Waals surface area contributed by atoms with Crippen LogP contribution in [0.1, 0.15) is 47.0 Å². The summed E-state index contributed by atoms with van der Waals surface area (Å²) in [5, 5.41) is 0. The Morgan fingerprint density at radius 1 is 1.00 bits per heavy atom. The van der Waals surface area contributed by atoms with E-state index in [-0.39, 0.29) is 10.8 Å². The van der Waals surface area contributed by atoms with Gasteiger partial charge < -0.3 is 4.74 Å². The molecule has 2 heteroatoms. The molecule has 0 aliphatic rings. The van der Waals surface area contributed by atoms with Gasteiger partial charge in [0.25, 0.3) is 0 Å². The minimum atomic E-state index is 0.176. The molecule has 0 heterocycles. The molecule has 1 rings (SSSR count). The summed E-state index contributed by atoms with van der Waals surface area (Å²) in [7, 11) is 0. The summed E-state index contributed by atoms with van der Waals surface area (Å²) in [6.45, 7) is 9.78. The van der Waals surface area contributed by atoms with Crippen molar-refractivity contribution in [2.45, 2.75) is 47.0 Å². The lowest BCUT2D eigenvalue weighted by Gasteiger charge is -2.37. The summed E-state index contributed by atoms with van der Waals surface area (Å²) >= 11 is 6.15. The van der Waals surface area contributed by atoms with E-state index in [9.17, 15) is 0 Å². The maximum atomic E-state index is 6.15. The Balaban J connectivity index is 2.65. The lowest BCUT2D eigenvalue weighted by Crippen LogP contribution is -2.33. The third-order valence-electron chi connectivity index (χ3n) is 4.21. The highest BCUT2D eigenvalue weighted by atomic mass is 35.5. The van der Waals surface area contributed by atoms with Gasteiger partial charge in [-0.1, -0.05) is 45.9 Å². The van der Waals surface area contributed by atoms with Gasteiger partial charge in [-0.3, -0.25) is 0 Å². The van der Waals surface area contributed by atoms with Crippen molar-refractivity contribution >= 4 is 11.6 Å². The van der Waals surface area contributed by atoms with Gasteiger partial charge in [0, 0.05) is 11.3 Å². The average molecular weight is 283 g/mol. The van der Waals surface area contributed by atoms with Crippen LogP contribution in [0.5, 0.6) is 5.75 Å². The first-order valence-corrected chi connectivity index (χ1v) is 7.74. The molecule has 0 aliphatic carbocycles. The molecule has 0 amide bonds. The predicted molar refractivity (Wildman–Crippen MR) is 84.1 cm³/mol. The molecule has 1 aromatic carbocycles. The number of para-hydroxylation sites is 1. The van der Waals surface area contributed by atoms with Crippen molar-refractivity contribution in [2.75, 3.05) is 12.5 Å². The van der Waals surface area contributed by atoms with Crippen molar-refractivity contribution in [1.29, 1.82) is 0 Å². The number of alkyl halides is 1. The minimum Gasteiger partial charge on any atom is -0.493 e. The Bertz CT molecular complexity index is 359. The number of halogens is 1. The molecule has 0 fully saturated rings. The van der Waals surface area contributed by atoms with E-state index in [0.717, 1.165) is 31.6 Å². The van der Waals surface area contributed by atoms with E-state index in [0.29, 0.717) is 5.88 Å². The lowest BCUT2D eigenvalue weighted by molar-refractivity contribution is 0.0956. The van der Waals surface area contributed by atoms with E-state index >= 15 is 0 Å². The molecule has 0 aliphatic heterocycles. The van der Waals surface area contributed by atoms with Crippen molar-refractivity contribution in [3.05, 3.63) is 30.3 Å². The van der Waals surface area contributed by atoms with Crippen molar-refractivity contribution in [3.8, 4) is 5.75 Å². The fourth-order valence-corrected chi connectivity index (χ4v) is 2.63. The van der Waals surface area contributed by atoms with Crippen LogP contribution in [0.2, 0.25) is 0 Å². The molecule has 1 aromatic rings. The van der Waals surface area contributed by atoms with E-state index < -0.39 is 0 Å². The highest BCUT2D eigenvalue weighted by Crippen LogP contribution is 2.40. The summed E-state index contributed by atoms with van der Waals surface area (Å²) in [5.74, 6) is 1.66. The molecule has 0 N–H and O–H groups in total. The second kappa shape index (κ2) is 7.19. The highest BCUT2D eigenvalue weighted by molar-refractivity contribution is 6.18. The van der Waals surface area contributed by atoms with Gasteiger partial charge >= 0.3 is 0 Å². The molecular weight excluding hydrogens is 256 g/mol. The first kappa shape index (κ1) is 16.4. The lowest BCUT2D eigenvalue weighted by atomic mass is 9.71. The molecule has 0 aromatic heterocycles. The molecule has 1 nitrogen and oxygen atoms in total. The molecular formula is C17H27ClO. The van der Waals surface area contributed by atoms with Gasteiger partial charge in [0.15, 0.2) is 0 Å². The van der Waals surface area contributed by atoms with Crippen LogP contribution in [0.25, 0.3) is 0 Å². The molecule has 0 saturated heterocycles. The van der Waals surface area contributed by atoms with E-state index in [1.807, 2.05) is 30.3 Å². The first-order valence-electron chi connectivity index (χ1n) is 7.21. The van der Waals surface area contributed by atoms with Crippen molar-refractivity contribution in [1.82, 2.24) is 0 Å². The zero-order valence-electron chi connectivity index (χ0n) is 12.7. The van der Waals surface area contributed by atoms with Gasteiger partial charge in [0.2, 0.25) is 0 Å². The fraction of sp³-hybridized carbons (Fsp3) is 0.647. The van der Waals surface area contributed by atoms with E-state index in [4.69, 9.17) is 16.3 Å². The quantitative estimate of drug-likeness (QED) is 0.570. The second-order valence-corrected chi connectivity index (χ2v) is 6.51. The maximum absolute atomic E-state index is 6.15. The predicted octanol–water partition coefficient (Wildman–Crippen LogP) is 5.53. The van der Waals surface area contributed by atoms with Crippen LogP contribution in [-0.4, -0.2) is 12.5 Å². The average Bonchev–Trinajstić information content (AvgIpc) is 2.46. The summed E-state index contributed by atoms with van der Waals surface area (Å²) in [4.78, 5) is 0. The highest BCUT2D eigenvalue weighted by Gasteiger charge is 2.33. The summed E-state index contributed by atoms with van der Waals surface area (Å²) in [6.07, 6.45) is 3.31. The Kier molecular flexibility index (Phi) is 6.19. The summed E-state index contributed by atoms with van der Waals surface area (Å²) in [6, 6.07) is 10.0. The molecule has 2 unspecified atom stereocenters. The van der Waals surface area contributed by atoms with Gasteiger partial charge in [0.1, 0.15) is 5.75 Å². The van der Waals surface area contributed by atoms with Crippen LogP contribution in [0, 0.1) is 10.8 Å². The third kappa shape index (κ3) is 5.06. The van der Waals surface area contributed by atoms with Gasteiger partial charge in [0.05, 0.1) is 6.61 Å². The van der Waals surface area contributed by atoms with Gasteiger partial charge in [-0.15, -0.1) is 11.6 Å². The number of ether oxygens (including phenoxy) is 1. The largest absolute Gasteiger partial charge is 0.493 e. The molecule has 0 bridgehead atoms. The number of benzene rings is 1. The van der Waals surface area contributed by atoms with E-state index in [1.165, 1.54) is 0 Å². The standard InChI is InChI=1S/C17H27ClO/c1-5-16(3,13-18)12-17(4,6-2)14-19-15-10-8-7-9-11-15/h7-11H,5-6,12-14H2,1-4H3. The smallest absolute Gasteiger partial charge is 0.119 e. The van der Waals surface area contributed by atoms with Crippen LogP contribution in [0.15, 0.2) is 30.3 Å². The van der Waals surface area contributed by atoms with Crippen LogP contribution in [0.3, 0.4) is 0 Å². The molecule has 0 spiro atoms. The molecule has 19 heavy (non-hydrogen) atoms. The van der Waals surface area contributed by atoms with E-state index in [2.05, 4.69) is 27.7 Å². The Hall–Kier alpha value is -0.690. The molecule has 0 radical (unpaired) electrons. The van der Waals surface area contributed by atoms with Gasteiger partial charge in [-0.25, -0.2) is 0 Å². The molecule has 108 valence electrons.